The maximum atomic E-state index is 5.79. The lowest BCUT2D eigenvalue weighted by atomic mass is 9.94. The van der Waals surface area contributed by atoms with Gasteiger partial charge < -0.3 is 5.73 Å². The zero-order valence-electron chi connectivity index (χ0n) is 9.83. The number of aryl methyl sites for hydroxylation is 2. The van der Waals surface area contributed by atoms with Gasteiger partial charge in [-0.05, 0) is 36.1 Å². The van der Waals surface area contributed by atoms with Crippen molar-refractivity contribution in [3.63, 3.8) is 0 Å². The summed E-state index contributed by atoms with van der Waals surface area (Å²) in [6.45, 7) is 4.84. The average Bonchev–Trinajstić information content (AvgIpc) is 2.29. The molecule has 2 N–H and O–H groups in total. The second-order valence-electron chi connectivity index (χ2n) is 4.18. The Bertz CT molecular complexity index is 501. The van der Waals surface area contributed by atoms with E-state index in [1.807, 2.05) is 0 Å². The first-order valence-electron chi connectivity index (χ1n) is 5.58. The molecular weight excluding hydrogens is 194 g/mol. The van der Waals surface area contributed by atoms with Crippen molar-refractivity contribution >= 4 is 0 Å². The van der Waals surface area contributed by atoms with Crippen molar-refractivity contribution in [2.75, 3.05) is 0 Å². The van der Waals surface area contributed by atoms with E-state index in [-0.39, 0.29) is 0 Å². The first kappa shape index (κ1) is 10.9. The van der Waals surface area contributed by atoms with E-state index < -0.39 is 0 Å². The summed E-state index contributed by atoms with van der Waals surface area (Å²) in [6.07, 6.45) is 0. The average molecular weight is 211 g/mol. The monoisotopic (exact) mass is 211 g/mol. The summed E-state index contributed by atoms with van der Waals surface area (Å²) in [5, 5.41) is 0. The van der Waals surface area contributed by atoms with Crippen molar-refractivity contribution in [3.8, 4) is 11.1 Å². The third-order valence-electron chi connectivity index (χ3n) is 2.92. The summed E-state index contributed by atoms with van der Waals surface area (Å²) in [5.41, 5.74) is 12.1. The van der Waals surface area contributed by atoms with E-state index in [1.54, 1.807) is 0 Å². The van der Waals surface area contributed by atoms with Gasteiger partial charge in [0.2, 0.25) is 0 Å². The zero-order chi connectivity index (χ0) is 11.5. The molecule has 0 heterocycles. The molecule has 2 aromatic carbocycles. The summed E-state index contributed by atoms with van der Waals surface area (Å²) in [4.78, 5) is 0. The van der Waals surface area contributed by atoms with Gasteiger partial charge in [-0.1, -0.05) is 48.0 Å². The largest absolute Gasteiger partial charge is 0.326 e. The predicted octanol–water partition coefficient (Wildman–Crippen LogP) is 3.43. The van der Waals surface area contributed by atoms with E-state index in [0.29, 0.717) is 6.54 Å². The molecule has 0 aliphatic carbocycles. The van der Waals surface area contributed by atoms with Crippen LogP contribution in [-0.2, 0) is 6.54 Å². The Balaban J connectivity index is 2.63. The molecule has 1 nitrogen and oxygen atoms in total. The van der Waals surface area contributed by atoms with Crippen LogP contribution in [0.3, 0.4) is 0 Å². The molecule has 0 aromatic heterocycles. The highest BCUT2D eigenvalue weighted by molar-refractivity contribution is 5.71. The summed E-state index contributed by atoms with van der Waals surface area (Å²) in [6, 6.07) is 14.9. The smallest absolute Gasteiger partial charge is 0.0184 e. The van der Waals surface area contributed by atoms with Gasteiger partial charge in [0, 0.05) is 6.54 Å². The molecule has 0 spiro atoms. The Morgan fingerprint density at radius 1 is 0.938 bits per heavy atom. The first-order chi connectivity index (χ1) is 7.72. The van der Waals surface area contributed by atoms with Crippen molar-refractivity contribution in [2.45, 2.75) is 20.4 Å². The SMILES string of the molecule is Cc1ccc(CN)c(-c2ccccc2C)c1. The van der Waals surface area contributed by atoms with Crippen LogP contribution in [0.15, 0.2) is 42.5 Å². The molecule has 1 heteroatoms. The molecule has 2 aromatic rings. The normalized spacial score (nSPS) is 10.4. The maximum Gasteiger partial charge on any atom is 0.0184 e. The summed E-state index contributed by atoms with van der Waals surface area (Å²) in [5.74, 6) is 0. The molecule has 0 fully saturated rings. The molecule has 0 radical (unpaired) electrons. The Kier molecular flexibility index (Phi) is 3.07. The van der Waals surface area contributed by atoms with Crippen LogP contribution in [0.5, 0.6) is 0 Å². The molecule has 0 aliphatic rings. The van der Waals surface area contributed by atoms with Gasteiger partial charge in [-0.2, -0.15) is 0 Å². The standard InChI is InChI=1S/C15H17N/c1-11-7-8-13(10-16)15(9-11)14-6-4-3-5-12(14)2/h3-9H,10,16H2,1-2H3. The van der Waals surface area contributed by atoms with Crippen LogP contribution in [-0.4, -0.2) is 0 Å². The highest BCUT2D eigenvalue weighted by Crippen LogP contribution is 2.27. The molecule has 0 amide bonds. The van der Waals surface area contributed by atoms with E-state index >= 15 is 0 Å². The molecule has 0 saturated carbocycles. The van der Waals surface area contributed by atoms with Crippen LogP contribution < -0.4 is 5.73 Å². The van der Waals surface area contributed by atoms with Crippen molar-refractivity contribution in [2.24, 2.45) is 5.73 Å². The predicted molar refractivity (Wildman–Crippen MR) is 69.2 cm³/mol. The van der Waals surface area contributed by atoms with Gasteiger partial charge in [0.05, 0.1) is 0 Å². The van der Waals surface area contributed by atoms with Crippen LogP contribution in [0.25, 0.3) is 11.1 Å². The van der Waals surface area contributed by atoms with Crippen molar-refractivity contribution in [3.05, 3.63) is 59.2 Å². The van der Waals surface area contributed by atoms with E-state index in [2.05, 4.69) is 56.3 Å². The molecule has 0 bridgehead atoms. The molecule has 82 valence electrons. The second kappa shape index (κ2) is 4.50. The van der Waals surface area contributed by atoms with E-state index in [0.717, 1.165) is 0 Å². The van der Waals surface area contributed by atoms with E-state index in [4.69, 9.17) is 5.73 Å². The second-order valence-corrected chi connectivity index (χ2v) is 4.18. The summed E-state index contributed by atoms with van der Waals surface area (Å²) < 4.78 is 0. The number of rotatable bonds is 2. The van der Waals surface area contributed by atoms with E-state index in [9.17, 15) is 0 Å². The lowest BCUT2D eigenvalue weighted by Gasteiger charge is -2.11. The molecule has 0 unspecified atom stereocenters. The Hall–Kier alpha value is -1.60. The number of benzene rings is 2. The molecule has 2 rings (SSSR count). The van der Waals surface area contributed by atoms with Crippen LogP contribution in [0, 0.1) is 13.8 Å². The minimum absolute atomic E-state index is 0.587. The lowest BCUT2D eigenvalue weighted by Crippen LogP contribution is -1.99. The van der Waals surface area contributed by atoms with Gasteiger partial charge in [-0.15, -0.1) is 0 Å². The van der Waals surface area contributed by atoms with Crippen molar-refractivity contribution in [1.82, 2.24) is 0 Å². The minimum atomic E-state index is 0.587. The minimum Gasteiger partial charge on any atom is -0.326 e. The zero-order valence-corrected chi connectivity index (χ0v) is 9.83. The van der Waals surface area contributed by atoms with Gasteiger partial charge in [-0.25, -0.2) is 0 Å². The molecule has 0 saturated heterocycles. The van der Waals surface area contributed by atoms with Gasteiger partial charge in [0.1, 0.15) is 0 Å². The fraction of sp³-hybridized carbons (Fsp3) is 0.200. The third-order valence-corrected chi connectivity index (χ3v) is 2.92. The summed E-state index contributed by atoms with van der Waals surface area (Å²) >= 11 is 0. The fourth-order valence-corrected chi connectivity index (χ4v) is 1.99. The molecular formula is C15H17N. The Morgan fingerprint density at radius 2 is 1.69 bits per heavy atom. The topological polar surface area (TPSA) is 26.0 Å². The van der Waals surface area contributed by atoms with Crippen LogP contribution in [0.4, 0.5) is 0 Å². The molecule has 0 atom stereocenters. The first-order valence-corrected chi connectivity index (χ1v) is 5.58. The van der Waals surface area contributed by atoms with Crippen molar-refractivity contribution < 1.29 is 0 Å². The third kappa shape index (κ3) is 2.00. The molecule has 0 aliphatic heterocycles. The molecule has 16 heavy (non-hydrogen) atoms. The Labute approximate surface area is 96.9 Å². The fourth-order valence-electron chi connectivity index (χ4n) is 1.99. The Morgan fingerprint density at radius 3 is 2.38 bits per heavy atom. The van der Waals surface area contributed by atoms with Crippen LogP contribution in [0.1, 0.15) is 16.7 Å². The highest BCUT2D eigenvalue weighted by Gasteiger charge is 2.06. The van der Waals surface area contributed by atoms with Crippen LogP contribution >= 0.6 is 0 Å². The number of hydrogen-bond acceptors (Lipinski definition) is 1. The van der Waals surface area contributed by atoms with Gasteiger partial charge in [0.15, 0.2) is 0 Å². The lowest BCUT2D eigenvalue weighted by molar-refractivity contribution is 1.07. The highest BCUT2D eigenvalue weighted by atomic mass is 14.5. The van der Waals surface area contributed by atoms with Crippen LogP contribution in [0.2, 0.25) is 0 Å². The van der Waals surface area contributed by atoms with Gasteiger partial charge >= 0.3 is 0 Å². The van der Waals surface area contributed by atoms with Crippen molar-refractivity contribution in [1.29, 1.82) is 0 Å². The van der Waals surface area contributed by atoms with Gasteiger partial charge in [-0.3, -0.25) is 0 Å². The van der Waals surface area contributed by atoms with E-state index in [1.165, 1.54) is 27.8 Å². The number of nitrogens with two attached hydrogens (primary N) is 1. The maximum absolute atomic E-state index is 5.79. The number of hydrogen-bond donors (Lipinski definition) is 1. The quantitative estimate of drug-likeness (QED) is 0.809. The summed E-state index contributed by atoms with van der Waals surface area (Å²) in [7, 11) is 0. The van der Waals surface area contributed by atoms with Gasteiger partial charge in [0.25, 0.3) is 0 Å².